The Kier molecular flexibility index (Phi) is 12.1. The van der Waals surface area contributed by atoms with Gasteiger partial charge in [0.25, 0.3) is 0 Å². The average Bonchev–Trinajstić information content (AvgIpc) is 2.76. The highest BCUT2D eigenvalue weighted by atomic mass is 32.2. The Hall–Kier alpha value is -3.24. The minimum Gasteiger partial charge on any atom is -0.305 e. The Labute approximate surface area is 220 Å². The molecule has 8 nitrogen and oxygen atoms in total. The number of hydrogen-bond acceptors (Lipinski definition) is 8. The highest BCUT2D eigenvalue weighted by Crippen LogP contribution is 2.15. The van der Waals surface area contributed by atoms with E-state index in [9.17, 15) is 9.59 Å². The Morgan fingerprint density at radius 2 is 1.08 bits per heavy atom. The molecule has 0 saturated heterocycles. The molecule has 6 N–H and O–H groups in total. The smallest absolute Gasteiger partial charge is 0.230 e. The summed E-state index contributed by atoms with van der Waals surface area (Å²) >= 11 is 1.83. The number of nitrogens with one attached hydrogen (secondary N) is 6. The monoisotopic (exact) mass is 524 g/mol. The Morgan fingerprint density at radius 1 is 0.694 bits per heavy atom. The normalized spacial score (nSPS) is 10.4. The number of rotatable bonds is 9. The van der Waals surface area contributed by atoms with Crippen LogP contribution in [0.5, 0.6) is 0 Å². The molecule has 0 bridgehead atoms. The van der Waals surface area contributed by atoms with Gasteiger partial charge in [0.15, 0.2) is 10.3 Å². The van der Waals surface area contributed by atoms with Gasteiger partial charge in [0.05, 0.1) is 22.9 Å². The lowest BCUT2D eigenvalue weighted by Gasteiger charge is -2.09. The summed E-state index contributed by atoms with van der Waals surface area (Å²) in [4.78, 5) is 24.2. The van der Waals surface area contributed by atoms with Crippen LogP contribution in [0.2, 0.25) is 0 Å². The van der Waals surface area contributed by atoms with Crippen LogP contribution in [0.4, 0.5) is 0 Å². The van der Waals surface area contributed by atoms with E-state index >= 15 is 0 Å². The molecule has 2 aromatic carbocycles. The van der Waals surface area contributed by atoms with Crippen LogP contribution in [0.15, 0.2) is 48.5 Å². The van der Waals surface area contributed by atoms with E-state index < -0.39 is 0 Å². The molecule has 36 heavy (non-hydrogen) atoms. The van der Waals surface area contributed by atoms with Crippen molar-refractivity contribution in [3.8, 4) is 0 Å². The lowest BCUT2D eigenvalue weighted by molar-refractivity contribution is -0.119. The van der Waals surface area contributed by atoms with Gasteiger partial charge in [0.2, 0.25) is 11.8 Å². The molecule has 0 spiro atoms. The van der Waals surface area contributed by atoms with Crippen LogP contribution in [-0.2, 0) is 22.4 Å². The molecule has 190 valence electrons. The SMILES string of the molecule is Cc1cccc(CC(=O)NC(=N)SC(=N)CCCCC(=N)SC(=N)NC(=O)Cc2cccc(C)c2)c1. The number of carbonyl (C=O) groups excluding carboxylic acids is 2. The molecule has 0 aliphatic rings. The van der Waals surface area contributed by atoms with Crippen LogP contribution in [0.1, 0.15) is 47.9 Å². The first-order valence-corrected chi connectivity index (χ1v) is 13.1. The van der Waals surface area contributed by atoms with E-state index in [0.717, 1.165) is 45.8 Å². The van der Waals surface area contributed by atoms with E-state index in [2.05, 4.69) is 10.6 Å². The zero-order valence-corrected chi connectivity index (χ0v) is 22.1. The highest BCUT2D eigenvalue weighted by molar-refractivity contribution is 8.26. The quantitative estimate of drug-likeness (QED) is 0.152. The molecule has 0 aliphatic heterocycles. The predicted octanol–water partition coefficient (Wildman–Crippen LogP) is 5.17. The van der Waals surface area contributed by atoms with Crippen molar-refractivity contribution in [1.29, 1.82) is 21.6 Å². The van der Waals surface area contributed by atoms with Crippen LogP contribution < -0.4 is 10.6 Å². The third kappa shape index (κ3) is 11.9. The third-order valence-electron chi connectivity index (χ3n) is 4.91. The van der Waals surface area contributed by atoms with Gasteiger partial charge in [-0.2, -0.15) is 0 Å². The van der Waals surface area contributed by atoms with Gasteiger partial charge < -0.3 is 10.6 Å². The Bertz CT molecular complexity index is 1060. The molecule has 0 aromatic heterocycles. The second-order valence-electron chi connectivity index (χ2n) is 8.34. The molecule has 0 atom stereocenters. The second kappa shape index (κ2) is 15.0. The van der Waals surface area contributed by atoms with E-state index in [-0.39, 0.29) is 45.1 Å². The molecule has 0 saturated carbocycles. The standard InChI is InChI=1S/C26H32N6O2S2/c1-17-7-5-9-19(13-17)15-23(33)31-25(29)35-21(27)11-3-4-12-22(28)36-26(30)32-24(34)16-20-10-6-8-18(2)14-20/h5-10,13-14,27-28H,3-4,11-12,15-16H2,1-2H3,(H2,29,31,33)(H2,30,32,34). The number of hydrogen-bond donors (Lipinski definition) is 6. The van der Waals surface area contributed by atoms with Crippen LogP contribution in [0.3, 0.4) is 0 Å². The van der Waals surface area contributed by atoms with Crippen molar-refractivity contribution < 1.29 is 9.59 Å². The Balaban J connectivity index is 1.58. The maximum Gasteiger partial charge on any atom is 0.230 e. The van der Waals surface area contributed by atoms with Gasteiger partial charge in [-0.15, -0.1) is 0 Å². The van der Waals surface area contributed by atoms with Crippen molar-refractivity contribution in [2.45, 2.75) is 52.4 Å². The van der Waals surface area contributed by atoms with Crippen LogP contribution in [0, 0.1) is 35.5 Å². The van der Waals surface area contributed by atoms with Crippen molar-refractivity contribution in [3.63, 3.8) is 0 Å². The minimum atomic E-state index is -0.287. The summed E-state index contributed by atoms with van der Waals surface area (Å²) in [6.45, 7) is 3.91. The molecular weight excluding hydrogens is 492 g/mol. The fraction of sp³-hybridized carbons (Fsp3) is 0.308. The van der Waals surface area contributed by atoms with Crippen molar-refractivity contribution in [2.75, 3.05) is 0 Å². The average molecular weight is 525 g/mol. The number of unbranched alkanes of at least 4 members (excludes halogenated alkanes) is 1. The van der Waals surface area contributed by atoms with Crippen molar-refractivity contribution in [2.24, 2.45) is 0 Å². The van der Waals surface area contributed by atoms with E-state index in [4.69, 9.17) is 21.6 Å². The molecule has 10 heteroatoms. The van der Waals surface area contributed by atoms with Gasteiger partial charge in [-0.1, -0.05) is 59.7 Å². The lowest BCUT2D eigenvalue weighted by Crippen LogP contribution is -2.30. The summed E-state index contributed by atoms with van der Waals surface area (Å²) in [7, 11) is 0. The zero-order valence-electron chi connectivity index (χ0n) is 20.5. The third-order valence-corrected chi connectivity index (χ3v) is 6.42. The van der Waals surface area contributed by atoms with Crippen LogP contribution in [0.25, 0.3) is 0 Å². The molecular formula is C26H32N6O2S2. The van der Waals surface area contributed by atoms with Gasteiger partial charge in [-0.25, -0.2) is 0 Å². The summed E-state index contributed by atoms with van der Waals surface area (Å²) in [6.07, 6.45) is 2.52. The maximum absolute atomic E-state index is 12.1. The molecule has 2 amide bonds. The van der Waals surface area contributed by atoms with Crippen molar-refractivity contribution in [1.82, 2.24) is 10.6 Å². The molecule has 0 radical (unpaired) electrons. The van der Waals surface area contributed by atoms with E-state index in [1.165, 1.54) is 0 Å². The number of carbonyl (C=O) groups is 2. The molecule has 0 unspecified atom stereocenters. The van der Waals surface area contributed by atoms with Crippen LogP contribution >= 0.6 is 23.5 Å². The largest absolute Gasteiger partial charge is 0.305 e. The molecule has 2 rings (SSSR count). The molecule has 2 aromatic rings. The fourth-order valence-corrected chi connectivity index (χ4v) is 4.64. The summed E-state index contributed by atoms with van der Waals surface area (Å²) in [5, 5.41) is 37.3. The highest BCUT2D eigenvalue weighted by Gasteiger charge is 2.11. The number of amides is 2. The van der Waals surface area contributed by atoms with Gasteiger partial charge in [-0.05, 0) is 74.2 Å². The Morgan fingerprint density at radius 3 is 1.44 bits per heavy atom. The van der Waals surface area contributed by atoms with E-state index in [0.29, 0.717) is 25.7 Å². The second-order valence-corrected chi connectivity index (χ2v) is 10.6. The van der Waals surface area contributed by atoms with Crippen LogP contribution in [-0.4, -0.2) is 32.2 Å². The number of thioether (sulfide) groups is 2. The zero-order chi connectivity index (χ0) is 26.5. The first kappa shape index (κ1) is 29.0. The predicted molar refractivity (Wildman–Crippen MR) is 151 cm³/mol. The maximum atomic E-state index is 12.1. The number of benzene rings is 2. The molecule has 0 heterocycles. The summed E-state index contributed by atoms with van der Waals surface area (Å²) in [6, 6.07) is 15.3. The van der Waals surface area contributed by atoms with Crippen molar-refractivity contribution in [3.05, 3.63) is 70.8 Å². The summed E-state index contributed by atoms with van der Waals surface area (Å²) in [5.74, 6) is -0.574. The van der Waals surface area contributed by atoms with Gasteiger partial charge in [0.1, 0.15) is 0 Å². The molecule has 0 aliphatic carbocycles. The van der Waals surface area contributed by atoms with Gasteiger partial charge >= 0.3 is 0 Å². The lowest BCUT2D eigenvalue weighted by atomic mass is 10.1. The first-order chi connectivity index (χ1) is 17.1. The summed E-state index contributed by atoms with van der Waals surface area (Å²) < 4.78 is 0. The van der Waals surface area contributed by atoms with Crippen molar-refractivity contribution >= 4 is 55.8 Å². The fourth-order valence-electron chi connectivity index (χ4n) is 3.33. The van der Waals surface area contributed by atoms with E-state index in [1.54, 1.807) is 0 Å². The number of aryl methyl sites for hydroxylation is 2. The molecule has 0 fully saturated rings. The van der Waals surface area contributed by atoms with Gasteiger partial charge in [-0.3, -0.25) is 31.2 Å². The minimum absolute atomic E-state index is 0.0733. The van der Waals surface area contributed by atoms with Gasteiger partial charge in [0, 0.05) is 0 Å². The topological polar surface area (TPSA) is 154 Å². The first-order valence-electron chi connectivity index (χ1n) is 11.5. The van der Waals surface area contributed by atoms with E-state index in [1.807, 2.05) is 62.4 Å². The number of amidine groups is 2. The summed E-state index contributed by atoms with van der Waals surface area (Å²) in [5.41, 5.74) is 3.88.